The minimum absolute atomic E-state index is 0.00741. The van der Waals surface area contributed by atoms with E-state index in [1.54, 1.807) is 4.68 Å². The van der Waals surface area contributed by atoms with Gasteiger partial charge in [-0.2, -0.15) is 0 Å². The van der Waals surface area contributed by atoms with Gasteiger partial charge in [0.1, 0.15) is 0 Å². The maximum atomic E-state index is 11.3. The van der Waals surface area contributed by atoms with Crippen LogP contribution in [0.25, 0.3) is 0 Å². The van der Waals surface area contributed by atoms with E-state index in [1.165, 1.54) is 0 Å². The van der Waals surface area contributed by atoms with Crippen LogP contribution < -0.4 is 0 Å². The molecule has 0 saturated heterocycles. The van der Waals surface area contributed by atoms with E-state index in [0.717, 1.165) is 11.1 Å². The van der Waals surface area contributed by atoms with E-state index in [9.17, 15) is 9.90 Å². The summed E-state index contributed by atoms with van der Waals surface area (Å²) in [6.07, 6.45) is 0.489. The zero-order valence-corrected chi connectivity index (χ0v) is 12.2. The van der Waals surface area contributed by atoms with Gasteiger partial charge in [0.05, 0.1) is 18.8 Å². The lowest BCUT2D eigenvalue weighted by molar-refractivity contribution is 0.0689. The fourth-order valence-corrected chi connectivity index (χ4v) is 2.16. The molecule has 0 saturated carbocycles. The maximum absolute atomic E-state index is 11.3. The molecule has 2 aromatic rings. The second kappa shape index (κ2) is 6.99. The van der Waals surface area contributed by atoms with Gasteiger partial charge in [-0.1, -0.05) is 35.0 Å². The first-order chi connectivity index (χ1) is 10.1. The first-order valence-electron chi connectivity index (χ1n) is 6.90. The monoisotopic (exact) mass is 289 g/mol. The number of carbonyl (C=O) groups is 1. The first-order valence-corrected chi connectivity index (χ1v) is 6.90. The molecule has 0 aliphatic carbocycles. The Morgan fingerprint density at radius 3 is 2.90 bits per heavy atom. The molecule has 2 rings (SSSR count). The lowest BCUT2D eigenvalue weighted by Gasteiger charge is -2.08. The van der Waals surface area contributed by atoms with Crippen molar-refractivity contribution < 1.29 is 14.6 Å². The van der Waals surface area contributed by atoms with Crippen LogP contribution in [0.4, 0.5) is 0 Å². The topological polar surface area (TPSA) is 77.2 Å². The summed E-state index contributed by atoms with van der Waals surface area (Å²) >= 11 is 0. The molecule has 0 radical (unpaired) electrons. The number of ether oxygens (including phenoxy) is 1. The van der Waals surface area contributed by atoms with E-state index >= 15 is 0 Å². The highest BCUT2D eigenvalue weighted by Gasteiger charge is 2.19. The molecule has 112 valence electrons. The molecule has 0 spiro atoms. The third kappa shape index (κ3) is 3.88. The number of carboxylic acids is 1. The summed E-state index contributed by atoms with van der Waals surface area (Å²) in [7, 11) is 0. The van der Waals surface area contributed by atoms with E-state index in [1.807, 2.05) is 38.1 Å². The summed E-state index contributed by atoms with van der Waals surface area (Å²) < 4.78 is 6.91. The van der Waals surface area contributed by atoms with E-state index in [-0.39, 0.29) is 5.69 Å². The van der Waals surface area contributed by atoms with Crippen LogP contribution in [-0.4, -0.2) is 39.3 Å². The van der Waals surface area contributed by atoms with Crippen LogP contribution in [0.3, 0.4) is 0 Å². The van der Waals surface area contributed by atoms with Crippen LogP contribution in [0.2, 0.25) is 0 Å². The number of hydrogen-bond donors (Lipinski definition) is 1. The van der Waals surface area contributed by atoms with Crippen LogP contribution in [-0.2, 0) is 17.7 Å². The maximum Gasteiger partial charge on any atom is 0.358 e. The molecule has 1 heterocycles. The van der Waals surface area contributed by atoms with Crippen molar-refractivity contribution in [1.29, 1.82) is 0 Å². The number of benzene rings is 1. The van der Waals surface area contributed by atoms with Crippen LogP contribution in [0.15, 0.2) is 24.3 Å². The molecule has 1 aromatic carbocycles. The van der Waals surface area contributed by atoms with Gasteiger partial charge in [-0.05, 0) is 19.4 Å². The zero-order chi connectivity index (χ0) is 15.2. The summed E-state index contributed by atoms with van der Waals surface area (Å²) in [5, 5.41) is 16.9. The van der Waals surface area contributed by atoms with Crippen molar-refractivity contribution in [2.75, 3.05) is 13.2 Å². The SMILES string of the molecule is CCOCCn1nnc(C(=O)O)c1Cc1cccc(C)c1. The van der Waals surface area contributed by atoms with E-state index in [4.69, 9.17) is 4.74 Å². The smallest absolute Gasteiger partial charge is 0.358 e. The van der Waals surface area contributed by atoms with Crippen LogP contribution in [0, 0.1) is 6.92 Å². The van der Waals surface area contributed by atoms with Gasteiger partial charge < -0.3 is 9.84 Å². The van der Waals surface area contributed by atoms with Gasteiger partial charge in [0.2, 0.25) is 0 Å². The summed E-state index contributed by atoms with van der Waals surface area (Å²) in [5.41, 5.74) is 2.79. The van der Waals surface area contributed by atoms with Crippen molar-refractivity contribution in [1.82, 2.24) is 15.0 Å². The number of hydrogen-bond acceptors (Lipinski definition) is 4. The Morgan fingerprint density at radius 1 is 1.43 bits per heavy atom. The molecule has 21 heavy (non-hydrogen) atoms. The van der Waals surface area contributed by atoms with E-state index < -0.39 is 5.97 Å². The highest BCUT2D eigenvalue weighted by molar-refractivity contribution is 5.86. The molecule has 6 heteroatoms. The van der Waals surface area contributed by atoms with Gasteiger partial charge in [0.25, 0.3) is 0 Å². The first kappa shape index (κ1) is 15.2. The van der Waals surface area contributed by atoms with Crippen molar-refractivity contribution in [3.63, 3.8) is 0 Å². The van der Waals surface area contributed by atoms with E-state index in [0.29, 0.717) is 31.9 Å². The molecule has 0 amide bonds. The summed E-state index contributed by atoms with van der Waals surface area (Å²) in [6.45, 7) is 5.52. The number of aryl methyl sites for hydroxylation is 1. The van der Waals surface area contributed by atoms with Crippen LogP contribution >= 0.6 is 0 Å². The Labute approximate surface area is 123 Å². The number of aromatic nitrogens is 3. The highest BCUT2D eigenvalue weighted by Crippen LogP contribution is 2.14. The minimum atomic E-state index is -1.06. The molecule has 0 fully saturated rings. The molecule has 0 aliphatic rings. The molecule has 0 bridgehead atoms. The van der Waals surface area contributed by atoms with Gasteiger partial charge in [-0.15, -0.1) is 5.10 Å². The number of aromatic carboxylic acids is 1. The van der Waals surface area contributed by atoms with E-state index in [2.05, 4.69) is 10.3 Å². The largest absolute Gasteiger partial charge is 0.476 e. The van der Waals surface area contributed by atoms with Crippen molar-refractivity contribution in [2.24, 2.45) is 0 Å². The van der Waals surface area contributed by atoms with Gasteiger partial charge in [0.15, 0.2) is 5.69 Å². The quantitative estimate of drug-likeness (QED) is 0.788. The van der Waals surface area contributed by atoms with Crippen molar-refractivity contribution >= 4 is 5.97 Å². The zero-order valence-electron chi connectivity index (χ0n) is 12.2. The lowest BCUT2D eigenvalue weighted by Crippen LogP contribution is -2.13. The van der Waals surface area contributed by atoms with Crippen LogP contribution in [0.1, 0.15) is 34.2 Å². The predicted octanol–water partition coefficient (Wildman–Crippen LogP) is 1.91. The van der Waals surface area contributed by atoms with Crippen molar-refractivity contribution in [3.8, 4) is 0 Å². The highest BCUT2D eigenvalue weighted by atomic mass is 16.5. The molecule has 1 N–H and O–H groups in total. The normalized spacial score (nSPS) is 10.8. The third-order valence-electron chi connectivity index (χ3n) is 3.15. The summed E-state index contributed by atoms with van der Waals surface area (Å²) in [5.74, 6) is -1.06. The second-order valence-electron chi connectivity index (χ2n) is 4.78. The summed E-state index contributed by atoms with van der Waals surface area (Å²) in [6, 6.07) is 7.97. The Morgan fingerprint density at radius 2 is 2.24 bits per heavy atom. The molecular formula is C15H19N3O3. The second-order valence-corrected chi connectivity index (χ2v) is 4.78. The Kier molecular flexibility index (Phi) is 5.05. The standard InChI is InChI=1S/C15H19N3O3/c1-3-21-8-7-18-13(14(15(19)20)16-17-18)10-12-6-4-5-11(2)9-12/h4-6,9H,3,7-8,10H2,1-2H3,(H,19,20). The average molecular weight is 289 g/mol. The molecule has 1 aromatic heterocycles. The fourth-order valence-electron chi connectivity index (χ4n) is 2.16. The Balaban J connectivity index is 2.25. The van der Waals surface area contributed by atoms with Gasteiger partial charge in [0, 0.05) is 13.0 Å². The molecular weight excluding hydrogens is 270 g/mol. The summed E-state index contributed by atoms with van der Waals surface area (Å²) in [4.78, 5) is 11.3. The molecule has 6 nitrogen and oxygen atoms in total. The predicted molar refractivity (Wildman–Crippen MR) is 77.5 cm³/mol. The number of nitrogens with zero attached hydrogens (tertiary/aromatic N) is 3. The lowest BCUT2D eigenvalue weighted by atomic mass is 10.1. The van der Waals surface area contributed by atoms with Gasteiger partial charge >= 0.3 is 5.97 Å². The van der Waals surface area contributed by atoms with Crippen molar-refractivity contribution in [2.45, 2.75) is 26.8 Å². The van der Waals surface area contributed by atoms with Gasteiger partial charge in [-0.25, -0.2) is 9.48 Å². The molecule has 0 aliphatic heterocycles. The third-order valence-corrected chi connectivity index (χ3v) is 3.15. The van der Waals surface area contributed by atoms with Crippen molar-refractivity contribution in [3.05, 3.63) is 46.8 Å². The number of carboxylic acid groups (broad SMARTS) is 1. The Hall–Kier alpha value is -2.21. The Bertz CT molecular complexity index is 622. The average Bonchev–Trinajstić information content (AvgIpc) is 2.82. The fraction of sp³-hybridized carbons (Fsp3) is 0.400. The minimum Gasteiger partial charge on any atom is -0.476 e. The van der Waals surface area contributed by atoms with Gasteiger partial charge in [-0.3, -0.25) is 0 Å². The molecule has 0 atom stereocenters. The molecule has 0 unspecified atom stereocenters. The number of rotatable bonds is 7. The van der Waals surface area contributed by atoms with Crippen LogP contribution in [0.5, 0.6) is 0 Å².